The van der Waals surface area contributed by atoms with Crippen molar-refractivity contribution in [3.63, 3.8) is 0 Å². The first-order chi connectivity index (χ1) is 9.63. The molecule has 0 spiro atoms. The monoisotopic (exact) mass is 335 g/mol. The molecule has 1 aliphatic heterocycles. The second-order valence-corrected chi connectivity index (χ2v) is 5.29. The first-order valence-electron chi connectivity index (χ1n) is 6.36. The Labute approximate surface area is 128 Å². The molecule has 106 valence electrons. The highest BCUT2D eigenvalue weighted by Crippen LogP contribution is 2.32. The van der Waals surface area contributed by atoms with Crippen molar-refractivity contribution >= 4 is 21.6 Å². The summed E-state index contributed by atoms with van der Waals surface area (Å²) in [6, 6.07) is 8.03. The van der Waals surface area contributed by atoms with E-state index in [1.54, 1.807) is 7.11 Å². The summed E-state index contributed by atoms with van der Waals surface area (Å²) < 4.78 is 11.5. The number of allylic oxidation sites excluding steroid dienone is 3. The van der Waals surface area contributed by atoms with Crippen LogP contribution in [-0.2, 0) is 4.74 Å². The molecule has 4 heteroatoms. The maximum atomic E-state index is 5.56. The minimum Gasteiger partial charge on any atom is -0.491 e. The maximum Gasteiger partial charge on any atom is 0.119 e. The zero-order valence-corrected chi connectivity index (χ0v) is 13.3. The summed E-state index contributed by atoms with van der Waals surface area (Å²) in [5, 5.41) is 0. The van der Waals surface area contributed by atoms with Crippen LogP contribution in [0, 0.1) is 0 Å². The second-order valence-electron chi connectivity index (χ2n) is 4.44. The highest BCUT2D eigenvalue weighted by Gasteiger charge is 2.15. The SMILES string of the molecule is C=C1C(Br)=CC=C(c2ccc(OCCOC)cc2)N1C. The topological polar surface area (TPSA) is 21.7 Å². The number of ether oxygens (including phenoxy) is 2. The molecule has 1 aromatic carbocycles. The molecule has 1 aromatic rings. The van der Waals surface area contributed by atoms with Gasteiger partial charge in [-0.2, -0.15) is 0 Å². The van der Waals surface area contributed by atoms with Gasteiger partial charge in [0.25, 0.3) is 0 Å². The molecule has 0 N–H and O–H groups in total. The smallest absolute Gasteiger partial charge is 0.119 e. The summed E-state index contributed by atoms with van der Waals surface area (Å²) in [5.41, 5.74) is 3.19. The van der Waals surface area contributed by atoms with Gasteiger partial charge in [0.1, 0.15) is 12.4 Å². The van der Waals surface area contributed by atoms with E-state index in [1.165, 1.54) is 0 Å². The molecular formula is C16H18BrNO2. The standard InChI is InChI=1S/C16H18BrNO2/c1-12-15(17)8-9-16(18(12)2)13-4-6-14(7-5-13)20-11-10-19-3/h4-9H,1,10-11H2,2-3H3. The second kappa shape index (κ2) is 6.77. The summed E-state index contributed by atoms with van der Waals surface area (Å²) in [6.07, 6.45) is 4.08. The third-order valence-electron chi connectivity index (χ3n) is 3.14. The number of halogens is 1. The molecule has 0 saturated carbocycles. The number of methoxy groups -OCH3 is 1. The Morgan fingerprint density at radius 2 is 1.85 bits per heavy atom. The third kappa shape index (κ3) is 3.32. The Bertz CT molecular complexity index is 546. The molecule has 0 unspecified atom stereocenters. The van der Waals surface area contributed by atoms with E-state index in [0.717, 1.165) is 27.2 Å². The number of nitrogens with zero attached hydrogens (tertiary/aromatic N) is 1. The fourth-order valence-corrected chi connectivity index (χ4v) is 2.32. The highest BCUT2D eigenvalue weighted by atomic mass is 79.9. The van der Waals surface area contributed by atoms with Crippen LogP contribution in [0.3, 0.4) is 0 Å². The van der Waals surface area contributed by atoms with Crippen molar-refractivity contribution < 1.29 is 9.47 Å². The van der Waals surface area contributed by atoms with E-state index in [9.17, 15) is 0 Å². The molecule has 0 atom stereocenters. The van der Waals surface area contributed by atoms with Gasteiger partial charge in [-0.25, -0.2) is 0 Å². The Hall–Kier alpha value is -1.52. The van der Waals surface area contributed by atoms with Crippen LogP contribution < -0.4 is 4.74 Å². The van der Waals surface area contributed by atoms with Gasteiger partial charge in [0.05, 0.1) is 6.61 Å². The van der Waals surface area contributed by atoms with E-state index in [1.807, 2.05) is 37.4 Å². The van der Waals surface area contributed by atoms with Crippen LogP contribution in [0.5, 0.6) is 5.75 Å². The molecule has 3 nitrogen and oxygen atoms in total. The summed E-state index contributed by atoms with van der Waals surface area (Å²) in [6.45, 7) is 5.20. The van der Waals surface area contributed by atoms with Crippen LogP contribution in [0.1, 0.15) is 5.56 Å². The average Bonchev–Trinajstić information content (AvgIpc) is 2.46. The molecule has 0 saturated heterocycles. The molecule has 0 bridgehead atoms. The van der Waals surface area contributed by atoms with E-state index >= 15 is 0 Å². The number of rotatable bonds is 5. The van der Waals surface area contributed by atoms with Crippen molar-refractivity contribution in [3.8, 4) is 5.75 Å². The van der Waals surface area contributed by atoms with Crippen LogP contribution in [-0.4, -0.2) is 32.3 Å². The summed E-state index contributed by atoms with van der Waals surface area (Å²) >= 11 is 3.48. The van der Waals surface area contributed by atoms with Gasteiger partial charge in [0.2, 0.25) is 0 Å². The average molecular weight is 336 g/mol. The minimum absolute atomic E-state index is 0.560. The molecule has 0 aromatic heterocycles. The fourth-order valence-electron chi connectivity index (χ4n) is 1.92. The first-order valence-corrected chi connectivity index (χ1v) is 7.15. The van der Waals surface area contributed by atoms with Crippen LogP contribution in [0.15, 0.2) is 53.2 Å². The quantitative estimate of drug-likeness (QED) is 0.764. The number of hydrogen-bond donors (Lipinski definition) is 0. The van der Waals surface area contributed by atoms with Gasteiger partial charge < -0.3 is 14.4 Å². The number of likely N-dealkylation sites (N-methyl/N-ethyl adjacent to an activating group) is 1. The zero-order valence-electron chi connectivity index (χ0n) is 11.7. The van der Waals surface area contributed by atoms with Crippen molar-refractivity contribution in [1.82, 2.24) is 4.90 Å². The molecule has 0 aliphatic carbocycles. The number of hydrogen-bond acceptors (Lipinski definition) is 3. The normalized spacial score (nSPS) is 14.9. The summed E-state index contributed by atoms with van der Waals surface area (Å²) in [7, 11) is 3.67. The predicted molar refractivity (Wildman–Crippen MR) is 85.7 cm³/mol. The van der Waals surface area contributed by atoms with Crippen molar-refractivity contribution in [2.75, 3.05) is 27.4 Å². The summed E-state index contributed by atoms with van der Waals surface area (Å²) in [5.74, 6) is 0.848. The lowest BCUT2D eigenvalue weighted by Gasteiger charge is -2.27. The molecule has 2 rings (SSSR count). The van der Waals surface area contributed by atoms with Gasteiger partial charge in [0.15, 0.2) is 0 Å². The van der Waals surface area contributed by atoms with E-state index in [0.29, 0.717) is 13.2 Å². The zero-order chi connectivity index (χ0) is 14.5. The molecular weight excluding hydrogens is 318 g/mol. The lowest BCUT2D eigenvalue weighted by atomic mass is 10.1. The molecule has 20 heavy (non-hydrogen) atoms. The Morgan fingerprint density at radius 1 is 1.15 bits per heavy atom. The van der Waals surface area contributed by atoms with Crippen LogP contribution in [0.2, 0.25) is 0 Å². The van der Waals surface area contributed by atoms with Crippen molar-refractivity contribution in [3.05, 3.63) is 58.7 Å². The van der Waals surface area contributed by atoms with Crippen LogP contribution >= 0.6 is 15.9 Å². The van der Waals surface area contributed by atoms with Gasteiger partial charge >= 0.3 is 0 Å². The van der Waals surface area contributed by atoms with Crippen molar-refractivity contribution in [1.29, 1.82) is 0 Å². The maximum absolute atomic E-state index is 5.56. The van der Waals surface area contributed by atoms with E-state index < -0.39 is 0 Å². The first kappa shape index (κ1) is 14.9. The molecule has 0 radical (unpaired) electrons. The van der Waals surface area contributed by atoms with Gasteiger partial charge in [-0.15, -0.1) is 0 Å². The summed E-state index contributed by atoms with van der Waals surface area (Å²) in [4.78, 5) is 2.06. The molecule has 0 fully saturated rings. The Morgan fingerprint density at radius 3 is 2.50 bits per heavy atom. The number of benzene rings is 1. The predicted octanol–water partition coefficient (Wildman–Crippen LogP) is 3.79. The van der Waals surface area contributed by atoms with Gasteiger partial charge in [-0.05, 0) is 57.9 Å². The molecule has 0 amide bonds. The Balaban J connectivity index is 2.12. The van der Waals surface area contributed by atoms with E-state index in [4.69, 9.17) is 9.47 Å². The third-order valence-corrected chi connectivity index (χ3v) is 3.86. The highest BCUT2D eigenvalue weighted by molar-refractivity contribution is 9.12. The lowest BCUT2D eigenvalue weighted by Crippen LogP contribution is -2.18. The van der Waals surface area contributed by atoms with Crippen molar-refractivity contribution in [2.24, 2.45) is 0 Å². The lowest BCUT2D eigenvalue weighted by molar-refractivity contribution is 0.146. The molecule has 1 aliphatic rings. The van der Waals surface area contributed by atoms with Crippen LogP contribution in [0.4, 0.5) is 0 Å². The largest absolute Gasteiger partial charge is 0.491 e. The van der Waals surface area contributed by atoms with E-state index in [-0.39, 0.29) is 0 Å². The fraction of sp³-hybridized carbons (Fsp3) is 0.250. The molecule has 1 heterocycles. The van der Waals surface area contributed by atoms with Gasteiger partial charge in [-0.3, -0.25) is 0 Å². The van der Waals surface area contributed by atoms with Gasteiger partial charge in [0, 0.05) is 30.0 Å². The minimum atomic E-state index is 0.560. The van der Waals surface area contributed by atoms with Crippen LogP contribution in [0.25, 0.3) is 5.70 Å². The van der Waals surface area contributed by atoms with Crippen molar-refractivity contribution in [2.45, 2.75) is 0 Å². The van der Waals surface area contributed by atoms with E-state index in [2.05, 4.69) is 33.5 Å². The Kier molecular flexibility index (Phi) is 5.04. The van der Waals surface area contributed by atoms with Gasteiger partial charge in [-0.1, -0.05) is 6.58 Å².